The maximum Gasteiger partial charge on any atom is 0.328 e. The fraction of sp³-hybridized carbons (Fsp3) is 0.529. The summed E-state index contributed by atoms with van der Waals surface area (Å²) in [7, 11) is 3.71. The standard InChI is InChI=1S/C17H24N4O2/c1-18-11-13-7-9-20(12-13)16(22)8-10-21-15-6-4-3-5-14(15)19(2)17(21)23/h3-6,13,18H,7-12H2,1-2H3. The van der Waals surface area contributed by atoms with Gasteiger partial charge in [-0.3, -0.25) is 13.9 Å². The summed E-state index contributed by atoms with van der Waals surface area (Å²) in [6.45, 7) is 3.04. The Kier molecular flexibility index (Phi) is 4.52. The maximum atomic E-state index is 12.4. The Morgan fingerprint density at radius 1 is 1.30 bits per heavy atom. The van der Waals surface area contributed by atoms with Gasteiger partial charge in [-0.2, -0.15) is 0 Å². The first-order chi connectivity index (χ1) is 11.1. The molecule has 1 N–H and O–H groups in total. The summed E-state index contributed by atoms with van der Waals surface area (Å²) in [5.74, 6) is 0.688. The van der Waals surface area contributed by atoms with Crippen LogP contribution in [0.5, 0.6) is 0 Å². The van der Waals surface area contributed by atoms with Gasteiger partial charge in [0.25, 0.3) is 0 Å². The van der Waals surface area contributed by atoms with Crippen LogP contribution in [0.2, 0.25) is 0 Å². The monoisotopic (exact) mass is 316 g/mol. The molecule has 1 aromatic carbocycles. The molecule has 1 saturated heterocycles. The van der Waals surface area contributed by atoms with E-state index in [9.17, 15) is 9.59 Å². The number of aromatic nitrogens is 2. The van der Waals surface area contributed by atoms with Crippen LogP contribution in [0, 0.1) is 5.92 Å². The van der Waals surface area contributed by atoms with E-state index >= 15 is 0 Å². The number of likely N-dealkylation sites (tertiary alicyclic amines) is 1. The van der Waals surface area contributed by atoms with E-state index in [1.54, 1.807) is 16.2 Å². The molecular weight excluding hydrogens is 292 g/mol. The van der Waals surface area contributed by atoms with E-state index in [0.29, 0.717) is 18.9 Å². The van der Waals surface area contributed by atoms with Gasteiger partial charge in [0.1, 0.15) is 0 Å². The van der Waals surface area contributed by atoms with Crippen molar-refractivity contribution in [2.75, 3.05) is 26.7 Å². The zero-order valence-electron chi connectivity index (χ0n) is 13.8. The van der Waals surface area contributed by atoms with Gasteiger partial charge in [0.15, 0.2) is 0 Å². The quantitative estimate of drug-likeness (QED) is 0.887. The van der Waals surface area contributed by atoms with E-state index in [1.165, 1.54) is 0 Å². The van der Waals surface area contributed by atoms with E-state index in [0.717, 1.165) is 37.1 Å². The predicted molar refractivity (Wildman–Crippen MR) is 90.4 cm³/mol. The van der Waals surface area contributed by atoms with Crippen LogP contribution in [-0.4, -0.2) is 46.6 Å². The number of nitrogens with one attached hydrogen (secondary N) is 1. The first-order valence-electron chi connectivity index (χ1n) is 8.18. The van der Waals surface area contributed by atoms with Crippen molar-refractivity contribution in [1.29, 1.82) is 0 Å². The number of carbonyl (C=O) groups is 1. The first kappa shape index (κ1) is 15.8. The highest BCUT2D eigenvalue weighted by atomic mass is 16.2. The van der Waals surface area contributed by atoms with Gasteiger partial charge in [0.05, 0.1) is 11.0 Å². The number of para-hydroxylation sites is 2. The van der Waals surface area contributed by atoms with E-state index < -0.39 is 0 Å². The molecule has 0 aliphatic carbocycles. The largest absolute Gasteiger partial charge is 0.342 e. The minimum Gasteiger partial charge on any atom is -0.342 e. The minimum absolute atomic E-state index is 0.0616. The lowest BCUT2D eigenvalue weighted by Gasteiger charge is -2.16. The average Bonchev–Trinajstić information content (AvgIpc) is 3.11. The van der Waals surface area contributed by atoms with Crippen LogP contribution in [0.4, 0.5) is 0 Å². The summed E-state index contributed by atoms with van der Waals surface area (Å²) < 4.78 is 3.34. The lowest BCUT2D eigenvalue weighted by atomic mass is 10.1. The Labute approximate surface area is 135 Å². The highest BCUT2D eigenvalue weighted by Crippen LogP contribution is 2.17. The molecule has 1 aliphatic rings. The molecule has 1 aromatic heterocycles. The lowest BCUT2D eigenvalue weighted by molar-refractivity contribution is -0.130. The summed E-state index contributed by atoms with van der Waals surface area (Å²) in [5.41, 5.74) is 1.73. The molecule has 6 heteroatoms. The second-order valence-corrected chi connectivity index (χ2v) is 6.28. The molecule has 2 aromatic rings. The smallest absolute Gasteiger partial charge is 0.328 e. The summed E-state index contributed by atoms with van der Waals surface area (Å²) in [4.78, 5) is 26.7. The Morgan fingerprint density at radius 3 is 2.78 bits per heavy atom. The van der Waals surface area contributed by atoms with Crippen LogP contribution in [0.1, 0.15) is 12.8 Å². The van der Waals surface area contributed by atoms with E-state index in [2.05, 4.69) is 5.32 Å². The van der Waals surface area contributed by atoms with Gasteiger partial charge in [-0.25, -0.2) is 4.79 Å². The van der Waals surface area contributed by atoms with E-state index in [4.69, 9.17) is 0 Å². The van der Waals surface area contributed by atoms with Crippen molar-refractivity contribution in [3.05, 3.63) is 34.7 Å². The molecule has 1 unspecified atom stereocenters. The van der Waals surface area contributed by atoms with Gasteiger partial charge in [-0.05, 0) is 38.1 Å². The van der Waals surface area contributed by atoms with Crippen LogP contribution in [0.15, 0.2) is 29.1 Å². The zero-order valence-corrected chi connectivity index (χ0v) is 13.8. The Balaban J connectivity index is 1.68. The summed E-state index contributed by atoms with van der Waals surface area (Å²) in [6.07, 6.45) is 1.43. The molecule has 23 heavy (non-hydrogen) atoms. The lowest BCUT2D eigenvalue weighted by Crippen LogP contribution is -2.32. The molecule has 3 rings (SSSR count). The average molecular weight is 316 g/mol. The van der Waals surface area contributed by atoms with E-state index in [1.807, 2.05) is 36.2 Å². The normalized spacial score (nSPS) is 18.0. The number of carbonyl (C=O) groups excluding carboxylic acids is 1. The Morgan fingerprint density at radius 2 is 2.04 bits per heavy atom. The number of hydrogen-bond acceptors (Lipinski definition) is 3. The predicted octanol–water partition coefficient (Wildman–Crippen LogP) is 0.798. The van der Waals surface area contributed by atoms with Gasteiger partial charge >= 0.3 is 5.69 Å². The van der Waals surface area contributed by atoms with Crippen molar-refractivity contribution in [1.82, 2.24) is 19.4 Å². The topological polar surface area (TPSA) is 59.3 Å². The molecule has 0 radical (unpaired) electrons. The molecule has 1 aliphatic heterocycles. The molecular formula is C17H24N4O2. The second-order valence-electron chi connectivity index (χ2n) is 6.28. The van der Waals surface area contributed by atoms with Crippen LogP contribution < -0.4 is 11.0 Å². The van der Waals surface area contributed by atoms with Gasteiger partial charge < -0.3 is 10.2 Å². The van der Waals surface area contributed by atoms with Crippen molar-refractivity contribution in [2.24, 2.45) is 13.0 Å². The molecule has 124 valence electrons. The summed E-state index contributed by atoms with van der Waals surface area (Å²) in [5, 5.41) is 3.17. The van der Waals surface area contributed by atoms with Crippen molar-refractivity contribution in [3.63, 3.8) is 0 Å². The highest BCUT2D eigenvalue weighted by Gasteiger charge is 2.25. The Bertz CT molecular complexity index is 762. The molecule has 0 saturated carbocycles. The van der Waals surface area contributed by atoms with Crippen molar-refractivity contribution in [3.8, 4) is 0 Å². The van der Waals surface area contributed by atoms with E-state index in [-0.39, 0.29) is 11.6 Å². The van der Waals surface area contributed by atoms with Crippen LogP contribution in [0.25, 0.3) is 11.0 Å². The molecule has 0 spiro atoms. The minimum atomic E-state index is -0.0616. The fourth-order valence-corrected chi connectivity index (χ4v) is 3.46. The number of fused-ring (bicyclic) bond motifs is 1. The first-order valence-corrected chi connectivity index (χ1v) is 8.18. The number of benzene rings is 1. The summed E-state index contributed by atoms with van der Waals surface area (Å²) >= 11 is 0. The van der Waals surface area contributed by atoms with Crippen LogP contribution >= 0.6 is 0 Å². The van der Waals surface area contributed by atoms with Crippen molar-refractivity contribution >= 4 is 16.9 Å². The molecule has 1 atom stereocenters. The van der Waals surface area contributed by atoms with Crippen molar-refractivity contribution in [2.45, 2.75) is 19.4 Å². The van der Waals surface area contributed by atoms with Crippen molar-refractivity contribution < 1.29 is 4.79 Å². The Hall–Kier alpha value is -2.08. The number of rotatable bonds is 5. The SMILES string of the molecule is CNCC1CCN(C(=O)CCn2c(=O)n(C)c3ccccc32)C1. The summed E-state index contributed by atoms with van der Waals surface area (Å²) in [6, 6.07) is 7.70. The van der Waals surface area contributed by atoms with Gasteiger partial charge in [-0.15, -0.1) is 0 Å². The zero-order chi connectivity index (χ0) is 16.4. The third-order valence-corrected chi connectivity index (χ3v) is 4.73. The molecule has 6 nitrogen and oxygen atoms in total. The number of aryl methyl sites for hydroxylation is 2. The van der Waals surface area contributed by atoms with Crippen LogP contribution in [-0.2, 0) is 18.4 Å². The molecule has 1 fully saturated rings. The fourth-order valence-electron chi connectivity index (χ4n) is 3.46. The number of imidazole rings is 1. The number of hydrogen-bond donors (Lipinski definition) is 1. The maximum absolute atomic E-state index is 12.4. The number of amides is 1. The van der Waals surface area contributed by atoms with Crippen LogP contribution in [0.3, 0.4) is 0 Å². The van der Waals surface area contributed by atoms with Gasteiger partial charge in [0.2, 0.25) is 5.91 Å². The highest BCUT2D eigenvalue weighted by molar-refractivity contribution is 5.78. The number of nitrogens with zero attached hydrogens (tertiary/aromatic N) is 3. The van der Waals surface area contributed by atoms with Gasteiger partial charge in [-0.1, -0.05) is 12.1 Å². The molecule has 2 heterocycles. The molecule has 0 bridgehead atoms. The second kappa shape index (κ2) is 6.58. The van der Waals surface area contributed by atoms with Gasteiger partial charge in [0, 0.05) is 33.1 Å². The third kappa shape index (κ3) is 3.03. The molecule has 1 amide bonds. The third-order valence-electron chi connectivity index (χ3n) is 4.73.